The summed E-state index contributed by atoms with van der Waals surface area (Å²) in [4.78, 5) is 14.1. The molecule has 0 aromatic carbocycles. The monoisotopic (exact) mass is 320 g/mol. The lowest BCUT2D eigenvalue weighted by atomic mass is 10.3. The number of aromatic nitrogens is 1. The van der Waals surface area contributed by atoms with Gasteiger partial charge in [0.1, 0.15) is 0 Å². The maximum absolute atomic E-state index is 11.6. The highest BCUT2D eigenvalue weighted by Gasteiger charge is 2.15. The largest absolute Gasteiger partial charge is 0.478 e. The third-order valence-electron chi connectivity index (χ3n) is 1.71. The highest BCUT2D eigenvalue weighted by molar-refractivity contribution is 9.11. The number of pyridine rings is 1. The molecule has 17 heavy (non-hydrogen) atoms. The van der Waals surface area contributed by atoms with Crippen LogP contribution in [0, 0.1) is 0 Å². The van der Waals surface area contributed by atoms with Gasteiger partial charge in [-0.2, -0.15) is 0 Å². The predicted molar refractivity (Wildman–Crippen MR) is 64.5 cm³/mol. The molecule has 1 rings (SSSR count). The molecule has 0 unspecified atom stereocenters. The van der Waals surface area contributed by atoms with E-state index < -0.39 is 16.0 Å². The summed E-state index contributed by atoms with van der Waals surface area (Å²) in [5.74, 6) is -1.16. The van der Waals surface area contributed by atoms with Gasteiger partial charge in [0.2, 0.25) is 0 Å². The molecule has 0 bridgehead atoms. The van der Waals surface area contributed by atoms with Crippen molar-refractivity contribution in [2.24, 2.45) is 0 Å². The molecule has 0 aliphatic rings. The summed E-state index contributed by atoms with van der Waals surface area (Å²) >= 11 is 3.01. The minimum atomic E-state index is -3.74. The molecular formula is C9H9BrN2O4S. The minimum Gasteiger partial charge on any atom is -0.478 e. The van der Waals surface area contributed by atoms with E-state index in [0.717, 1.165) is 12.3 Å². The number of halogens is 1. The van der Waals surface area contributed by atoms with E-state index in [2.05, 4.69) is 32.2 Å². The first-order valence-electron chi connectivity index (χ1n) is 4.35. The first kappa shape index (κ1) is 13.8. The van der Waals surface area contributed by atoms with Gasteiger partial charge in [0.25, 0.3) is 10.0 Å². The number of carboxylic acid groups (broad SMARTS) is 1. The molecule has 8 heteroatoms. The zero-order chi connectivity index (χ0) is 13.1. The lowest BCUT2D eigenvalue weighted by Gasteiger charge is -2.04. The Labute approximate surface area is 107 Å². The second-order valence-corrected chi connectivity index (χ2v) is 5.87. The van der Waals surface area contributed by atoms with Crippen molar-refractivity contribution in [1.82, 2.24) is 9.71 Å². The van der Waals surface area contributed by atoms with E-state index in [9.17, 15) is 13.2 Å². The summed E-state index contributed by atoms with van der Waals surface area (Å²) in [6, 6.07) is 2.30. The first-order valence-corrected chi connectivity index (χ1v) is 6.63. The fourth-order valence-electron chi connectivity index (χ4n) is 0.913. The molecule has 2 N–H and O–H groups in total. The third-order valence-corrected chi connectivity index (χ3v) is 3.31. The molecular weight excluding hydrogens is 312 g/mol. The SMILES string of the molecule is C=C(Br)CNS(=O)(=O)c1ccc(C(=O)O)cn1. The lowest BCUT2D eigenvalue weighted by Crippen LogP contribution is -2.25. The van der Waals surface area contributed by atoms with Crippen LogP contribution in [0.15, 0.2) is 34.4 Å². The van der Waals surface area contributed by atoms with Crippen LogP contribution < -0.4 is 4.72 Å². The summed E-state index contributed by atoms with van der Waals surface area (Å²) in [7, 11) is -3.74. The van der Waals surface area contributed by atoms with Gasteiger partial charge in [-0.05, 0) is 12.1 Å². The van der Waals surface area contributed by atoms with Gasteiger partial charge in [-0.3, -0.25) is 0 Å². The van der Waals surface area contributed by atoms with Gasteiger partial charge >= 0.3 is 5.97 Å². The van der Waals surface area contributed by atoms with Gasteiger partial charge in [-0.1, -0.05) is 22.5 Å². The van der Waals surface area contributed by atoms with Crippen molar-refractivity contribution in [3.05, 3.63) is 35.0 Å². The molecule has 0 aliphatic heterocycles. The summed E-state index contributed by atoms with van der Waals surface area (Å²) in [6.07, 6.45) is 0.986. The summed E-state index contributed by atoms with van der Waals surface area (Å²) in [5, 5.41) is 8.39. The molecule has 0 spiro atoms. The van der Waals surface area contributed by atoms with Gasteiger partial charge in [-0.25, -0.2) is 22.9 Å². The number of hydrogen-bond acceptors (Lipinski definition) is 4. The second kappa shape index (κ2) is 5.39. The standard InChI is InChI=1S/C9H9BrN2O4S/c1-6(10)4-12-17(15,16)8-3-2-7(5-11-8)9(13)14/h2-3,5,12H,1,4H2,(H,13,14). The molecule has 1 aromatic rings. The molecule has 92 valence electrons. The number of rotatable bonds is 5. The van der Waals surface area contributed by atoms with Gasteiger partial charge in [-0.15, -0.1) is 0 Å². The summed E-state index contributed by atoms with van der Waals surface area (Å²) in [6.45, 7) is 3.51. The van der Waals surface area contributed by atoms with Crippen LogP contribution >= 0.6 is 15.9 Å². The maximum atomic E-state index is 11.6. The van der Waals surface area contributed by atoms with Gasteiger partial charge in [0.05, 0.1) is 5.56 Å². The Morgan fingerprint density at radius 2 is 2.18 bits per heavy atom. The number of carbonyl (C=O) groups is 1. The average molecular weight is 321 g/mol. The average Bonchev–Trinajstić information content (AvgIpc) is 2.27. The fraction of sp³-hybridized carbons (Fsp3) is 0.111. The number of nitrogens with one attached hydrogen (secondary N) is 1. The van der Waals surface area contributed by atoms with Crippen LogP contribution in [0.5, 0.6) is 0 Å². The van der Waals surface area contributed by atoms with E-state index >= 15 is 0 Å². The number of carboxylic acids is 1. The number of hydrogen-bond donors (Lipinski definition) is 2. The molecule has 0 atom stereocenters. The van der Waals surface area contributed by atoms with E-state index in [0.29, 0.717) is 4.48 Å². The maximum Gasteiger partial charge on any atom is 0.337 e. The number of aromatic carboxylic acids is 1. The molecule has 1 aromatic heterocycles. The molecule has 0 fully saturated rings. The van der Waals surface area contributed by atoms with Crippen molar-refractivity contribution in [2.45, 2.75) is 5.03 Å². The molecule has 6 nitrogen and oxygen atoms in total. The second-order valence-electron chi connectivity index (χ2n) is 3.03. The van der Waals surface area contributed by atoms with Crippen LogP contribution in [0.4, 0.5) is 0 Å². The topological polar surface area (TPSA) is 96.4 Å². The van der Waals surface area contributed by atoms with Crippen LogP contribution in [-0.2, 0) is 10.0 Å². The highest BCUT2D eigenvalue weighted by Crippen LogP contribution is 2.08. The van der Waals surface area contributed by atoms with Crippen LogP contribution in [0.3, 0.4) is 0 Å². The number of nitrogens with zero attached hydrogens (tertiary/aromatic N) is 1. The van der Waals surface area contributed by atoms with Crippen LogP contribution in [0.2, 0.25) is 0 Å². The predicted octanol–water partition coefficient (Wildman–Crippen LogP) is 0.967. The van der Waals surface area contributed by atoms with E-state index in [1.807, 2.05) is 0 Å². The van der Waals surface area contributed by atoms with E-state index in [-0.39, 0.29) is 17.1 Å². The number of sulfonamides is 1. The van der Waals surface area contributed by atoms with E-state index in [1.165, 1.54) is 6.07 Å². The van der Waals surface area contributed by atoms with Crippen molar-refractivity contribution < 1.29 is 18.3 Å². The van der Waals surface area contributed by atoms with Crippen molar-refractivity contribution in [1.29, 1.82) is 0 Å². The van der Waals surface area contributed by atoms with Gasteiger partial charge in [0, 0.05) is 17.2 Å². The molecule has 0 saturated carbocycles. The lowest BCUT2D eigenvalue weighted by molar-refractivity contribution is 0.0696. The van der Waals surface area contributed by atoms with Gasteiger partial charge in [0.15, 0.2) is 5.03 Å². The van der Waals surface area contributed by atoms with Crippen molar-refractivity contribution >= 4 is 31.9 Å². The molecule has 0 saturated heterocycles. The first-order chi connectivity index (χ1) is 7.83. The Bertz CT molecular complexity index is 539. The fourth-order valence-corrected chi connectivity index (χ4v) is 2.19. The molecule has 1 heterocycles. The molecule has 0 aliphatic carbocycles. The quantitative estimate of drug-likeness (QED) is 0.842. The highest BCUT2D eigenvalue weighted by atomic mass is 79.9. The summed E-state index contributed by atoms with van der Waals surface area (Å²) < 4.78 is 26.0. The Morgan fingerprint density at radius 1 is 1.53 bits per heavy atom. The van der Waals surface area contributed by atoms with Crippen molar-refractivity contribution in [2.75, 3.05) is 6.54 Å². The van der Waals surface area contributed by atoms with Crippen molar-refractivity contribution in [3.8, 4) is 0 Å². The Balaban J connectivity index is 2.92. The molecule has 0 amide bonds. The van der Waals surface area contributed by atoms with Crippen LogP contribution in [-0.4, -0.2) is 31.0 Å². The smallest absolute Gasteiger partial charge is 0.337 e. The zero-order valence-electron chi connectivity index (χ0n) is 8.55. The Hall–Kier alpha value is -1.25. The minimum absolute atomic E-state index is 0.0324. The normalized spacial score (nSPS) is 11.1. The van der Waals surface area contributed by atoms with E-state index in [1.54, 1.807) is 0 Å². The Morgan fingerprint density at radius 3 is 2.59 bits per heavy atom. The molecule has 0 radical (unpaired) electrons. The van der Waals surface area contributed by atoms with Crippen LogP contribution in [0.25, 0.3) is 0 Å². The van der Waals surface area contributed by atoms with Gasteiger partial charge < -0.3 is 5.11 Å². The van der Waals surface area contributed by atoms with Crippen molar-refractivity contribution in [3.63, 3.8) is 0 Å². The zero-order valence-corrected chi connectivity index (χ0v) is 11.0. The summed E-state index contributed by atoms with van der Waals surface area (Å²) in [5.41, 5.74) is -0.0751. The third kappa shape index (κ3) is 3.91. The Kier molecular flexibility index (Phi) is 4.38. The van der Waals surface area contributed by atoms with E-state index in [4.69, 9.17) is 5.11 Å². The van der Waals surface area contributed by atoms with Crippen LogP contribution in [0.1, 0.15) is 10.4 Å².